The maximum absolute atomic E-state index is 13.6. The third kappa shape index (κ3) is 6.83. The van der Waals surface area contributed by atoms with Crippen molar-refractivity contribution in [2.75, 3.05) is 33.2 Å². The summed E-state index contributed by atoms with van der Waals surface area (Å²) in [7, 11) is -1.22. The molecule has 1 unspecified atom stereocenters. The van der Waals surface area contributed by atoms with Gasteiger partial charge in [-0.25, -0.2) is 0 Å². The van der Waals surface area contributed by atoms with Crippen molar-refractivity contribution in [1.29, 1.82) is 0 Å². The molecular weight excluding hydrogens is 454 g/mol. The third-order valence-corrected chi connectivity index (χ3v) is 9.62. The SMILES string of the molecule is CCOC(=O)C(C)(C)c1ccc(C2(N(COCC[Si](C)(C)C)[S+]([O-])C(C)(C)C)COC2)cc1. The van der Waals surface area contributed by atoms with Crippen LogP contribution in [0.25, 0.3) is 0 Å². The monoisotopic (exact) mass is 497 g/mol. The summed E-state index contributed by atoms with van der Waals surface area (Å²) in [5.41, 5.74) is 0.633. The smallest absolute Gasteiger partial charge is 0.315 e. The average molecular weight is 498 g/mol. The molecular formula is C25H43NO5SSi. The van der Waals surface area contributed by atoms with Crippen LogP contribution in [0.4, 0.5) is 0 Å². The van der Waals surface area contributed by atoms with Crippen LogP contribution >= 0.6 is 0 Å². The molecule has 0 aliphatic carbocycles. The van der Waals surface area contributed by atoms with E-state index in [4.69, 9.17) is 14.2 Å². The Morgan fingerprint density at radius 3 is 2.15 bits per heavy atom. The van der Waals surface area contributed by atoms with Gasteiger partial charge < -0.3 is 18.8 Å². The van der Waals surface area contributed by atoms with Crippen molar-refractivity contribution in [3.8, 4) is 0 Å². The van der Waals surface area contributed by atoms with E-state index in [9.17, 15) is 9.35 Å². The summed E-state index contributed by atoms with van der Waals surface area (Å²) < 4.78 is 32.1. The van der Waals surface area contributed by atoms with Crippen molar-refractivity contribution >= 4 is 25.4 Å². The maximum Gasteiger partial charge on any atom is 0.315 e. The Morgan fingerprint density at radius 2 is 1.73 bits per heavy atom. The summed E-state index contributed by atoms with van der Waals surface area (Å²) in [6.07, 6.45) is 0. The van der Waals surface area contributed by atoms with Gasteiger partial charge in [0.25, 0.3) is 0 Å². The molecule has 33 heavy (non-hydrogen) atoms. The van der Waals surface area contributed by atoms with Gasteiger partial charge in [0, 0.05) is 26.0 Å². The summed E-state index contributed by atoms with van der Waals surface area (Å²) >= 11 is -1.29. The van der Waals surface area contributed by atoms with Crippen LogP contribution in [-0.2, 0) is 41.3 Å². The number of carbonyl (C=O) groups excluding carboxylic acids is 1. The first-order valence-corrected chi connectivity index (χ1v) is 16.6. The molecule has 0 aromatic heterocycles. The molecule has 0 spiro atoms. The molecule has 1 saturated heterocycles. The van der Waals surface area contributed by atoms with Crippen LogP contribution in [0, 0.1) is 0 Å². The first-order valence-electron chi connectivity index (χ1n) is 11.8. The minimum atomic E-state index is -1.29. The van der Waals surface area contributed by atoms with E-state index in [2.05, 4.69) is 19.6 Å². The molecule has 1 aliphatic rings. The second-order valence-electron chi connectivity index (χ2n) is 11.5. The van der Waals surface area contributed by atoms with Crippen molar-refractivity contribution in [2.24, 2.45) is 0 Å². The molecule has 1 atom stereocenters. The van der Waals surface area contributed by atoms with Crippen LogP contribution in [0.15, 0.2) is 24.3 Å². The molecule has 1 aromatic carbocycles. The molecule has 1 fully saturated rings. The molecule has 1 heterocycles. The van der Waals surface area contributed by atoms with Gasteiger partial charge in [-0.1, -0.05) is 48.2 Å². The zero-order valence-electron chi connectivity index (χ0n) is 21.9. The lowest BCUT2D eigenvalue weighted by atomic mass is 9.81. The van der Waals surface area contributed by atoms with Crippen molar-refractivity contribution in [2.45, 2.75) is 82.9 Å². The molecule has 6 nitrogen and oxygen atoms in total. The first-order chi connectivity index (χ1) is 15.1. The number of nitrogens with zero attached hydrogens (tertiary/aromatic N) is 1. The number of carbonyl (C=O) groups is 1. The van der Waals surface area contributed by atoms with Crippen LogP contribution in [0.3, 0.4) is 0 Å². The minimum absolute atomic E-state index is 0.245. The topological polar surface area (TPSA) is 71.1 Å². The number of benzene rings is 1. The third-order valence-electron chi connectivity index (χ3n) is 6.02. The maximum atomic E-state index is 13.6. The Hall–Kier alpha value is -0.903. The summed E-state index contributed by atoms with van der Waals surface area (Å²) in [5, 5.41) is 0. The van der Waals surface area contributed by atoms with Crippen LogP contribution in [0.5, 0.6) is 0 Å². The highest BCUT2D eigenvalue weighted by Gasteiger charge is 2.54. The average Bonchev–Trinajstić information content (AvgIpc) is 2.67. The van der Waals surface area contributed by atoms with E-state index in [1.54, 1.807) is 0 Å². The molecule has 188 valence electrons. The van der Waals surface area contributed by atoms with Gasteiger partial charge in [0.05, 0.1) is 25.2 Å². The lowest BCUT2D eigenvalue weighted by Gasteiger charge is -2.50. The first kappa shape index (κ1) is 28.3. The fourth-order valence-corrected chi connectivity index (χ4v) is 5.68. The summed E-state index contributed by atoms with van der Waals surface area (Å²) in [4.78, 5) is 12.4. The highest BCUT2D eigenvalue weighted by Crippen LogP contribution is 2.41. The van der Waals surface area contributed by atoms with Gasteiger partial charge >= 0.3 is 5.97 Å². The van der Waals surface area contributed by atoms with Gasteiger partial charge in [-0.3, -0.25) is 4.79 Å². The second-order valence-corrected chi connectivity index (χ2v) is 19.3. The van der Waals surface area contributed by atoms with Gasteiger partial charge in [-0.15, -0.1) is 0 Å². The predicted octanol–water partition coefficient (Wildman–Crippen LogP) is 4.83. The van der Waals surface area contributed by atoms with E-state index in [1.165, 1.54) is 0 Å². The number of esters is 1. The molecule has 1 aliphatic heterocycles. The lowest BCUT2D eigenvalue weighted by Crippen LogP contribution is -2.64. The fraction of sp³-hybridized carbons (Fsp3) is 0.720. The van der Waals surface area contributed by atoms with E-state index in [1.807, 2.05) is 70.1 Å². The molecule has 8 heteroatoms. The highest BCUT2D eigenvalue weighted by atomic mass is 32.2. The van der Waals surface area contributed by atoms with Gasteiger partial charge in [0.1, 0.15) is 17.0 Å². The van der Waals surface area contributed by atoms with Gasteiger partial charge in [0.15, 0.2) is 0 Å². The van der Waals surface area contributed by atoms with Crippen LogP contribution in [-0.4, -0.2) is 60.8 Å². The van der Waals surface area contributed by atoms with Crippen molar-refractivity contribution < 1.29 is 23.6 Å². The van der Waals surface area contributed by atoms with Gasteiger partial charge in [-0.2, -0.15) is 0 Å². The molecule has 1 aromatic rings. The van der Waals surface area contributed by atoms with E-state index in [0.29, 0.717) is 26.4 Å². The predicted molar refractivity (Wildman–Crippen MR) is 137 cm³/mol. The minimum Gasteiger partial charge on any atom is -0.597 e. The Labute approximate surface area is 204 Å². The van der Waals surface area contributed by atoms with E-state index in [-0.39, 0.29) is 12.7 Å². The molecule has 0 amide bonds. The summed E-state index contributed by atoms with van der Waals surface area (Å²) in [6, 6.07) is 9.04. The van der Waals surface area contributed by atoms with Crippen molar-refractivity contribution in [3.05, 3.63) is 35.4 Å². The summed E-state index contributed by atoms with van der Waals surface area (Å²) in [5.74, 6) is -0.245. The van der Waals surface area contributed by atoms with E-state index < -0.39 is 35.1 Å². The zero-order chi connectivity index (χ0) is 25.1. The van der Waals surface area contributed by atoms with Gasteiger partial charge in [-0.05, 0) is 58.7 Å². The Balaban J connectivity index is 2.31. The molecule has 0 saturated carbocycles. The normalized spacial score (nSPS) is 17.5. The fourth-order valence-electron chi connectivity index (χ4n) is 3.56. The molecule has 0 bridgehead atoms. The molecule has 0 radical (unpaired) electrons. The van der Waals surface area contributed by atoms with Gasteiger partial charge in [0.2, 0.25) is 0 Å². The largest absolute Gasteiger partial charge is 0.597 e. The number of hydrogen-bond acceptors (Lipinski definition) is 6. The Kier molecular flexibility index (Phi) is 9.26. The number of ether oxygens (including phenoxy) is 3. The standard InChI is InChI=1S/C25H43NO5SSi/c1-10-31-22(27)24(5,6)20-11-13-21(14-12-20)25(17-30-18-25)26(32(28)23(2,3)4)19-29-15-16-33(7,8)9/h11-14H,10,15-19H2,1-9H3. The Bertz CT molecular complexity index is 781. The highest BCUT2D eigenvalue weighted by molar-refractivity contribution is 7.90. The second kappa shape index (κ2) is 10.8. The van der Waals surface area contributed by atoms with E-state index in [0.717, 1.165) is 17.2 Å². The van der Waals surface area contributed by atoms with Crippen LogP contribution in [0.2, 0.25) is 25.7 Å². The quantitative estimate of drug-likeness (QED) is 0.143. The Morgan fingerprint density at radius 1 is 1.15 bits per heavy atom. The van der Waals surface area contributed by atoms with Crippen molar-refractivity contribution in [3.63, 3.8) is 0 Å². The lowest BCUT2D eigenvalue weighted by molar-refractivity contribution is -0.148. The van der Waals surface area contributed by atoms with Crippen molar-refractivity contribution in [1.82, 2.24) is 4.31 Å². The summed E-state index contributed by atoms with van der Waals surface area (Å²) in [6.45, 7) is 20.7. The van der Waals surface area contributed by atoms with E-state index >= 15 is 0 Å². The molecule has 2 rings (SSSR count). The number of hydrogen-bond donors (Lipinski definition) is 0. The number of rotatable bonds is 11. The molecule has 0 N–H and O–H groups in total. The zero-order valence-corrected chi connectivity index (χ0v) is 23.8. The van der Waals surface area contributed by atoms with Crippen LogP contribution in [0.1, 0.15) is 52.7 Å². The van der Waals surface area contributed by atoms with Crippen LogP contribution < -0.4 is 0 Å².